The summed E-state index contributed by atoms with van der Waals surface area (Å²) < 4.78 is 0. The molecule has 1 unspecified atom stereocenters. The topological polar surface area (TPSA) is 75.4 Å². The summed E-state index contributed by atoms with van der Waals surface area (Å²) in [6, 6.07) is 9.53. The highest BCUT2D eigenvalue weighted by atomic mass is 16.2. The Morgan fingerprint density at radius 2 is 1.84 bits per heavy atom. The summed E-state index contributed by atoms with van der Waals surface area (Å²) in [5, 5.41) is 3.00. The van der Waals surface area contributed by atoms with Crippen molar-refractivity contribution in [2.45, 2.75) is 57.0 Å². The van der Waals surface area contributed by atoms with E-state index in [4.69, 9.17) is 5.73 Å². The van der Waals surface area contributed by atoms with Crippen LogP contribution < -0.4 is 11.1 Å². The Morgan fingerprint density at radius 3 is 2.48 bits per heavy atom. The first kappa shape index (κ1) is 17.9. The van der Waals surface area contributed by atoms with Crippen LogP contribution in [0.5, 0.6) is 0 Å². The van der Waals surface area contributed by atoms with Crippen molar-refractivity contribution < 1.29 is 9.59 Å². The Labute approximate surface area is 150 Å². The summed E-state index contributed by atoms with van der Waals surface area (Å²) in [7, 11) is 0. The largest absolute Gasteiger partial charge is 0.344 e. The van der Waals surface area contributed by atoms with E-state index in [1.54, 1.807) is 0 Å². The minimum atomic E-state index is -0.481. The second-order valence-electron chi connectivity index (χ2n) is 7.40. The molecule has 0 spiro atoms. The van der Waals surface area contributed by atoms with Gasteiger partial charge in [-0.3, -0.25) is 9.59 Å². The van der Waals surface area contributed by atoms with E-state index in [9.17, 15) is 9.59 Å². The smallest absolute Gasteiger partial charge is 0.245 e. The minimum absolute atomic E-state index is 0.0455. The van der Waals surface area contributed by atoms with Gasteiger partial charge in [-0.2, -0.15) is 0 Å². The maximum absolute atomic E-state index is 12.9. The van der Waals surface area contributed by atoms with Gasteiger partial charge in [-0.25, -0.2) is 0 Å². The summed E-state index contributed by atoms with van der Waals surface area (Å²) in [6.07, 6.45) is 6.18. The van der Waals surface area contributed by atoms with Crippen molar-refractivity contribution in [3.63, 3.8) is 0 Å². The van der Waals surface area contributed by atoms with Gasteiger partial charge in [-0.05, 0) is 37.2 Å². The fraction of sp³-hybridized carbons (Fsp3) is 0.600. The highest BCUT2D eigenvalue weighted by Gasteiger charge is 2.30. The summed E-state index contributed by atoms with van der Waals surface area (Å²) in [4.78, 5) is 27.3. The molecule has 0 radical (unpaired) electrons. The van der Waals surface area contributed by atoms with Crippen LogP contribution in [0, 0.1) is 5.92 Å². The predicted octanol–water partition coefficient (Wildman–Crippen LogP) is 1.85. The van der Waals surface area contributed by atoms with Crippen LogP contribution in [0.25, 0.3) is 0 Å². The molecular formula is C20H29N3O2. The van der Waals surface area contributed by atoms with E-state index in [1.165, 1.54) is 0 Å². The molecule has 5 heteroatoms. The molecule has 0 aromatic heterocycles. The van der Waals surface area contributed by atoms with Crippen molar-refractivity contribution in [1.82, 2.24) is 10.2 Å². The average Bonchev–Trinajstić information content (AvgIpc) is 3.27. The van der Waals surface area contributed by atoms with E-state index in [2.05, 4.69) is 5.32 Å². The third-order valence-corrected chi connectivity index (χ3v) is 5.50. The van der Waals surface area contributed by atoms with Gasteiger partial charge in [-0.15, -0.1) is 0 Å². The van der Waals surface area contributed by atoms with Crippen LogP contribution in [-0.4, -0.2) is 41.9 Å². The van der Waals surface area contributed by atoms with Gasteiger partial charge >= 0.3 is 0 Å². The number of rotatable bonds is 6. The molecule has 1 aliphatic heterocycles. The second-order valence-corrected chi connectivity index (χ2v) is 7.40. The lowest BCUT2D eigenvalue weighted by Gasteiger charge is -2.25. The van der Waals surface area contributed by atoms with Gasteiger partial charge in [0, 0.05) is 32.0 Å². The van der Waals surface area contributed by atoms with Crippen molar-refractivity contribution in [1.29, 1.82) is 0 Å². The van der Waals surface area contributed by atoms with Crippen LogP contribution in [0.4, 0.5) is 0 Å². The first-order valence-corrected chi connectivity index (χ1v) is 9.51. The van der Waals surface area contributed by atoms with Crippen LogP contribution >= 0.6 is 0 Å². The molecule has 2 fully saturated rings. The quantitative estimate of drug-likeness (QED) is 0.828. The van der Waals surface area contributed by atoms with Crippen LogP contribution in [-0.2, 0) is 16.0 Å². The number of likely N-dealkylation sites (tertiary alicyclic amines) is 1. The summed E-state index contributed by atoms with van der Waals surface area (Å²) in [6.45, 7) is 1.60. The highest BCUT2D eigenvalue weighted by Crippen LogP contribution is 2.26. The standard InChI is InChI=1S/C20H29N3O2/c21-17-10-6-9-16(17)14-19(24)22-18(13-15-7-2-1-3-8-15)20(25)23-11-4-5-12-23/h1-3,7-8,16-18H,4-6,9-14,21H2,(H,22,24)/t16-,17+,18?/m0/s1. The van der Waals surface area contributed by atoms with Gasteiger partial charge in [0.15, 0.2) is 0 Å². The normalized spacial score (nSPS) is 24.3. The van der Waals surface area contributed by atoms with E-state index in [0.717, 1.165) is 50.8 Å². The molecule has 3 atom stereocenters. The number of benzene rings is 1. The molecule has 3 N–H and O–H groups in total. The second kappa shape index (κ2) is 8.48. The minimum Gasteiger partial charge on any atom is -0.344 e. The number of carbonyl (C=O) groups is 2. The molecule has 1 saturated carbocycles. The number of nitrogens with zero attached hydrogens (tertiary/aromatic N) is 1. The zero-order valence-corrected chi connectivity index (χ0v) is 14.8. The van der Waals surface area contributed by atoms with Gasteiger partial charge in [0.1, 0.15) is 6.04 Å². The molecular weight excluding hydrogens is 314 g/mol. The monoisotopic (exact) mass is 343 g/mol. The predicted molar refractivity (Wildman–Crippen MR) is 97.8 cm³/mol. The SMILES string of the molecule is N[C@@H]1CCC[C@H]1CC(=O)NC(Cc1ccccc1)C(=O)N1CCCC1. The van der Waals surface area contributed by atoms with Crippen molar-refractivity contribution in [3.05, 3.63) is 35.9 Å². The number of hydrogen-bond acceptors (Lipinski definition) is 3. The zero-order valence-electron chi connectivity index (χ0n) is 14.8. The van der Waals surface area contributed by atoms with E-state index in [1.807, 2.05) is 35.2 Å². The number of nitrogens with one attached hydrogen (secondary N) is 1. The highest BCUT2D eigenvalue weighted by molar-refractivity contribution is 5.88. The van der Waals surface area contributed by atoms with Gasteiger partial charge in [0.2, 0.25) is 11.8 Å². The number of hydrogen-bond donors (Lipinski definition) is 2. The molecule has 25 heavy (non-hydrogen) atoms. The number of nitrogens with two attached hydrogens (primary N) is 1. The molecule has 2 aliphatic rings. The molecule has 1 heterocycles. The molecule has 3 rings (SSSR count). The molecule has 2 amide bonds. The van der Waals surface area contributed by atoms with Crippen molar-refractivity contribution in [3.8, 4) is 0 Å². The average molecular weight is 343 g/mol. The third kappa shape index (κ3) is 4.82. The lowest BCUT2D eigenvalue weighted by Crippen LogP contribution is -2.49. The molecule has 5 nitrogen and oxygen atoms in total. The first-order chi connectivity index (χ1) is 12.1. The molecule has 0 bridgehead atoms. The Hall–Kier alpha value is -1.88. The van der Waals surface area contributed by atoms with Gasteiger partial charge in [-0.1, -0.05) is 36.8 Å². The first-order valence-electron chi connectivity index (χ1n) is 9.51. The maximum Gasteiger partial charge on any atom is 0.245 e. The van der Waals surface area contributed by atoms with Gasteiger partial charge in [0.25, 0.3) is 0 Å². The summed E-state index contributed by atoms with van der Waals surface area (Å²) in [5.41, 5.74) is 7.15. The molecule has 1 aliphatic carbocycles. The van der Waals surface area contributed by atoms with Crippen LogP contribution in [0.15, 0.2) is 30.3 Å². The van der Waals surface area contributed by atoms with Gasteiger partial charge in [0.05, 0.1) is 0 Å². The number of amides is 2. The molecule has 1 saturated heterocycles. The summed E-state index contributed by atoms with van der Waals surface area (Å²) in [5.74, 6) is 0.250. The van der Waals surface area contributed by atoms with E-state index in [0.29, 0.717) is 12.8 Å². The van der Waals surface area contributed by atoms with Gasteiger partial charge < -0.3 is 16.0 Å². The van der Waals surface area contributed by atoms with Crippen LogP contribution in [0.1, 0.15) is 44.1 Å². The fourth-order valence-electron chi connectivity index (χ4n) is 4.02. The van der Waals surface area contributed by atoms with E-state index >= 15 is 0 Å². The van der Waals surface area contributed by atoms with Crippen LogP contribution in [0.2, 0.25) is 0 Å². The number of carbonyl (C=O) groups excluding carboxylic acids is 2. The molecule has 1 aromatic rings. The Kier molecular flexibility index (Phi) is 6.08. The molecule has 1 aromatic carbocycles. The maximum atomic E-state index is 12.9. The van der Waals surface area contributed by atoms with E-state index in [-0.39, 0.29) is 23.8 Å². The van der Waals surface area contributed by atoms with Crippen molar-refractivity contribution in [2.24, 2.45) is 11.7 Å². The lowest BCUT2D eigenvalue weighted by molar-refractivity contribution is -0.135. The Balaban J connectivity index is 1.64. The van der Waals surface area contributed by atoms with Crippen LogP contribution in [0.3, 0.4) is 0 Å². The Bertz CT molecular complexity index is 584. The van der Waals surface area contributed by atoms with Crippen molar-refractivity contribution >= 4 is 11.8 Å². The zero-order chi connectivity index (χ0) is 17.6. The van der Waals surface area contributed by atoms with E-state index < -0.39 is 6.04 Å². The van der Waals surface area contributed by atoms with Crippen molar-refractivity contribution in [2.75, 3.05) is 13.1 Å². The molecule has 136 valence electrons. The summed E-state index contributed by atoms with van der Waals surface area (Å²) >= 11 is 0. The Morgan fingerprint density at radius 1 is 1.12 bits per heavy atom. The third-order valence-electron chi connectivity index (χ3n) is 5.50. The lowest BCUT2D eigenvalue weighted by atomic mass is 9.99. The fourth-order valence-corrected chi connectivity index (χ4v) is 4.02.